The molecule has 0 atom stereocenters. The number of nitrogens with one attached hydrogen (secondary N) is 2. The minimum Gasteiger partial charge on any atom is -0.497 e. The van der Waals surface area contributed by atoms with Crippen molar-refractivity contribution in [2.24, 2.45) is 0 Å². The Balaban J connectivity index is 2.15. The molecule has 0 aliphatic heterocycles. The first-order valence-corrected chi connectivity index (χ1v) is 7.23. The highest BCUT2D eigenvalue weighted by molar-refractivity contribution is 7.21. The molecule has 0 aliphatic carbocycles. The van der Waals surface area contributed by atoms with Crippen LogP contribution in [0.5, 0.6) is 5.75 Å². The van der Waals surface area contributed by atoms with Crippen LogP contribution in [0, 0.1) is 0 Å². The van der Waals surface area contributed by atoms with Crippen LogP contribution in [-0.2, 0) is 4.79 Å². The van der Waals surface area contributed by atoms with Gasteiger partial charge in [-0.2, -0.15) is 0 Å². The predicted molar refractivity (Wildman–Crippen MR) is 83.8 cm³/mol. The molecule has 0 spiro atoms. The van der Waals surface area contributed by atoms with Gasteiger partial charge in [0.2, 0.25) is 5.91 Å². The number of fused-ring (bicyclic) bond motifs is 1. The average molecular weight is 307 g/mol. The largest absolute Gasteiger partial charge is 0.497 e. The fourth-order valence-corrected chi connectivity index (χ4v) is 2.96. The summed E-state index contributed by atoms with van der Waals surface area (Å²) < 4.78 is 6.05. The Morgan fingerprint density at radius 3 is 2.81 bits per heavy atom. The number of nitrogens with two attached hydrogens (primary N) is 1. The highest BCUT2D eigenvalue weighted by Gasteiger charge is 2.16. The van der Waals surface area contributed by atoms with Crippen LogP contribution in [0.4, 0.5) is 5.69 Å². The number of benzene rings is 1. The molecule has 1 aromatic heterocycles. The maximum absolute atomic E-state index is 12.1. The summed E-state index contributed by atoms with van der Waals surface area (Å²) in [4.78, 5) is 23.7. The van der Waals surface area contributed by atoms with Gasteiger partial charge < -0.3 is 21.1 Å². The van der Waals surface area contributed by atoms with E-state index in [0.29, 0.717) is 10.6 Å². The third kappa shape index (κ3) is 3.25. The van der Waals surface area contributed by atoms with Crippen molar-refractivity contribution >= 4 is 38.9 Å². The van der Waals surface area contributed by atoms with E-state index in [4.69, 9.17) is 10.5 Å². The zero-order valence-electron chi connectivity index (χ0n) is 11.9. The number of carbonyl (C=O) groups is 2. The molecule has 21 heavy (non-hydrogen) atoms. The van der Waals surface area contributed by atoms with E-state index in [1.807, 2.05) is 12.1 Å². The topological polar surface area (TPSA) is 93.5 Å². The number of hydrogen-bond donors (Lipinski definition) is 3. The molecule has 0 saturated carbocycles. The smallest absolute Gasteiger partial charge is 0.263 e. The van der Waals surface area contributed by atoms with Gasteiger partial charge in [-0.1, -0.05) is 0 Å². The first kappa shape index (κ1) is 15.1. The molecule has 6 nitrogen and oxygen atoms in total. The standard InChI is InChI=1S/C14H17N3O3S/c1-16-11(18)5-6-17-14(19)13-12(15)9-4-3-8(20-2)7-10(9)21-13/h3-4,7H,5-6,15H2,1-2H3,(H,16,18)(H,17,19). The second-order valence-electron chi connectivity index (χ2n) is 4.39. The number of nitrogen functional groups attached to an aromatic ring is 1. The van der Waals surface area contributed by atoms with Crippen molar-refractivity contribution in [1.82, 2.24) is 10.6 Å². The molecule has 0 unspecified atom stereocenters. The monoisotopic (exact) mass is 307 g/mol. The lowest BCUT2D eigenvalue weighted by Gasteiger charge is -2.03. The second-order valence-corrected chi connectivity index (χ2v) is 5.44. The molecule has 1 aromatic carbocycles. The van der Waals surface area contributed by atoms with E-state index in [1.54, 1.807) is 20.2 Å². The Kier molecular flexibility index (Phi) is 4.64. The zero-order valence-corrected chi connectivity index (χ0v) is 12.7. The normalized spacial score (nSPS) is 10.4. The Hall–Kier alpha value is -2.28. The molecule has 0 fully saturated rings. The molecule has 0 radical (unpaired) electrons. The number of rotatable bonds is 5. The van der Waals surface area contributed by atoms with Crippen LogP contribution in [0.2, 0.25) is 0 Å². The molecule has 7 heteroatoms. The van der Waals surface area contributed by atoms with Crippen LogP contribution >= 0.6 is 11.3 Å². The molecule has 2 aromatic rings. The summed E-state index contributed by atoms with van der Waals surface area (Å²) in [6, 6.07) is 5.48. The number of methoxy groups -OCH3 is 1. The third-order valence-electron chi connectivity index (χ3n) is 3.06. The first-order valence-electron chi connectivity index (χ1n) is 6.41. The van der Waals surface area contributed by atoms with Crippen molar-refractivity contribution in [3.05, 3.63) is 23.1 Å². The van der Waals surface area contributed by atoms with Crippen LogP contribution in [0.15, 0.2) is 18.2 Å². The molecule has 2 rings (SSSR count). The van der Waals surface area contributed by atoms with E-state index in [1.165, 1.54) is 11.3 Å². The van der Waals surface area contributed by atoms with Crippen LogP contribution in [0.1, 0.15) is 16.1 Å². The van der Waals surface area contributed by atoms with E-state index >= 15 is 0 Å². The maximum atomic E-state index is 12.1. The Bertz CT molecular complexity index is 681. The molecule has 2 amide bonds. The molecule has 4 N–H and O–H groups in total. The van der Waals surface area contributed by atoms with Crippen molar-refractivity contribution in [2.75, 3.05) is 26.4 Å². The number of carbonyl (C=O) groups excluding carboxylic acids is 2. The van der Waals surface area contributed by atoms with E-state index < -0.39 is 0 Å². The molecule has 1 heterocycles. The quantitative estimate of drug-likeness (QED) is 0.777. The van der Waals surface area contributed by atoms with E-state index in [0.717, 1.165) is 15.8 Å². The lowest BCUT2D eigenvalue weighted by atomic mass is 10.2. The molecule has 0 saturated heterocycles. The number of thiophene rings is 1. The average Bonchev–Trinajstić information content (AvgIpc) is 2.83. The van der Waals surface area contributed by atoms with Gasteiger partial charge in [-0.3, -0.25) is 9.59 Å². The van der Waals surface area contributed by atoms with E-state index in [9.17, 15) is 9.59 Å². The summed E-state index contributed by atoms with van der Waals surface area (Å²) >= 11 is 1.31. The van der Waals surface area contributed by atoms with Gasteiger partial charge in [-0.15, -0.1) is 11.3 Å². The summed E-state index contributed by atoms with van der Waals surface area (Å²) in [6.45, 7) is 0.273. The van der Waals surface area contributed by atoms with Crippen molar-refractivity contribution in [1.29, 1.82) is 0 Å². The third-order valence-corrected chi connectivity index (χ3v) is 4.23. The molecule has 112 valence electrons. The SMILES string of the molecule is CNC(=O)CCNC(=O)c1sc2cc(OC)ccc2c1N. The predicted octanol–water partition coefficient (Wildman–Crippen LogP) is 1.36. The van der Waals surface area contributed by atoms with Crippen LogP contribution in [0.25, 0.3) is 10.1 Å². The summed E-state index contributed by atoms with van der Waals surface area (Å²) in [5.41, 5.74) is 6.47. The van der Waals surface area contributed by atoms with Crippen LogP contribution in [-0.4, -0.2) is 32.5 Å². The summed E-state index contributed by atoms with van der Waals surface area (Å²) in [5, 5.41) is 6.02. The number of anilines is 1. The molecule has 0 aliphatic rings. The summed E-state index contributed by atoms with van der Waals surface area (Å²) in [7, 11) is 3.14. The fourth-order valence-electron chi connectivity index (χ4n) is 1.89. The van der Waals surface area contributed by atoms with Gasteiger partial charge in [-0.05, 0) is 18.2 Å². The van der Waals surface area contributed by atoms with Gasteiger partial charge in [0, 0.05) is 30.1 Å². The van der Waals surface area contributed by atoms with Gasteiger partial charge in [0.05, 0.1) is 12.8 Å². The first-order chi connectivity index (χ1) is 10.1. The second kappa shape index (κ2) is 6.45. The number of ether oxygens (including phenoxy) is 1. The van der Waals surface area contributed by atoms with Crippen molar-refractivity contribution in [2.45, 2.75) is 6.42 Å². The van der Waals surface area contributed by atoms with Crippen LogP contribution < -0.4 is 21.1 Å². The van der Waals surface area contributed by atoms with Crippen molar-refractivity contribution in [3.63, 3.8) is 0 Å². The summed E-state index contributed by atoms with van der Waals surface area (Å²) in [5.74, 6) is 0.330. The van der Waals surface area contributed by atoms with Crippen LogP contribution in [0.3, 0.4) is 0 Å². The molecular formula is C14H17N3O3S. The highest BCUT2D eigenvalue weighted by Crippen LogP contribution is 2.35. The molecule has 0 bridgehead atoms. The van der Waals surface area contributed by atoms with Crippen molar-refractivity contribution < 1.29 is 14.3 Å². The zero-order chi connectivity index (χ0) is 15.4. The van der Waals surface area contributed by atoms with Gasteiger partial charge in [-0.25, -0.2) is 0 Å². The Morgan fingerprint density at radius 1 is 1.38 bits per heavy atom. The van der Waals surface area contributed by atoms with Gasteiger partial charge in [0.25, 0.3) is 5.91 Å². The highest BCUT2D eigenvalue weighted by atomic mass is 32.1. The lowest BCUT2D eigenvalue weighted by molar-refractivity contribution is -0.120. The Morgan fingerprint density at radius 2 is 2.14 bits per heavy atom. The fraction of sp³-hybridized carbons (Fsp3) is 0.286. The minimum atomic E-state index is -0.267. The van der Waals surface area contributed by atoms with E-state index in [2.05, 4.69) is 10.6 Å². The number of hydrogen-bond acceptors (Lipinski definition) is 5. The summed E-state index contributed by atoms with van der Waals surface area (Å²) in [6.07, 6.45) is 0.237. The molecular weight excluding hydrogens is 290 g/mol. The van der Waals surface area contributed by atoms with Gasteiger partial charge in [0.15, 0.2) is 0 Å². The van der Waals surface area contributed by atoms with Gasteiger partial charge in [0.1, 0.15) is 10.6 Å². The van der Waals surface area contributed by atoms with Crippen molar-refractivity contribution in [3.8, 4) is 5.75 Å². The lowest BCUT2D eigenvalue weighted by Crippen LogP contribution is -2.29. The Labute approximate surface area is 126 Å². The maximum Gasteiger partial charge on any atom is 0.263 e. The van der Waals surface area contributed by atoms with Gasteiger partial charge >= 0.3 is 0 Å². The van der Waals surface area contributed by atoms with E-state index in [-0.39, 0.29) is 24.8 Å². The number of amides is 2. The minimum absolute atomic E-state index is 0.121.